The summed E-state index contributed by atoms with van der Waals surface area (Å²) in [6.45, 7) is 0. The van der Waals surface area contributed by atoms with Crippen LogP contribution in [0.25, 0.3) is 0 Å². The third-order valence-electron chi connectivity index (χ3n) is 0.616. The van der Waals surface area contributed by atoms with Crippen LogP contribution < -0.4 is 0 Å². The third kappa shape index (κ3) is 6.62. The van der Waals surface area contributed by atoms with Crippen LogP contribution >= 0.6 is 23.8 Å². The Balaban J connectivity index is 2.53. The predicted octanol–water partition coefficient (Wildman–Crippen LogP) is 1.27. The summed E-state index contributed by atoms with van der Waals surface area (Å²) in [7, 11) is 0. The standard InChI is InChI=1S/C4H10O2S2/c5-4-7-2-1-3-8-6/h5-6H,1-4H2. The molecule has 2 nitrogen and oxygen atoms in total. The molecule has 0 aliphatic carbocycles. The Labute approximate surface area is 57.9 Å². The Morgan fingerprint density at radius 3 is 2.50 bits per heavy atom. The molecule has 2 N–H and O–H groups in total. The van der Waals surface area contributed by atoms with E-state index >= 15 is 0 Å². The van der Waals surface area contributed by atoms with Crippen molar-refractivity contribution < 1.29 is 9.66 Å². The first kappa shape index (κ1) is 8.62. The number of aliphatic hydroxyl groups excluding tert-OH is 1. The molecule has 0 unspecified atom stereocenters. The maximum absolute atomic E-state index is 8.26. The van der Waals surface area contributed by atoms with Crippen molar-refractivity contribution in [1.82, 2.24) is 0 Å². The molecular weight excluding hydrogens is 144 g/mol. The van der Waals surface area contributed by atoms with E-state index in [1.807, 2.05) is 0 Å². The van der Waals surface area contributed by atoms with Gasteiger partial charge in [0.05, 0.1) is 5.94 Å². The van der Waals surface area contributed by atoms with Gasteiger partial charge in [0.15, 0.2) is 0 Å². The lowest BCUT2D eigenvalue weighted by Gasteiger charge is -1.92. The Kier molecular flexibility index (Phi) is 8.21. The highest BCUT2D eigenvalue weighted by molar-refractivity contribution is 7.99. The van der Waals surface area contributed by atoms with E-state index in [2.05, 4.69) is 0 Å². The van der Waals surface area contributed by atoms with Crippen LogP contribution in [0.3, 0.4) is 0 Å². The van der Waals surface area contributed by atoms with Crippen molar-refractivity contribution in [3.05, 3.63) is 0 Å². The van der Waals surface area contributed by atoms with Gasteiger partial charge in [-0.2, -0.15) is 0 Å². The van der Waals surface area contributed by atoms with Crippen LogP contribution in [0.2, 0.25) is 0 Å². The van der Waals surface area contributed by atoms with Gasteiger partial charge in [-0.05, 0) is 24.2 Å². The Bertz CT molecular complexity index is 37.0. The molecule has 0 aromatic rings. The summed E-state index contributed by atoms with van der Waals surface area (Å²) in [5, 5.41) is 8.26. The zero-order chi connectivity index (χ0) is 6.24. The summed E-state index contributed by atoms with van der Waals surface area (Å²) in [5.41, 5.74) is 0. The first-order valence-electron chi connectivity index (χ1n) is 2.36. The van der Waals surface area contributed by atoms with Crippen molar-refractivity contribution >= 4 is 23.8 Å². The second kappa shape index (κ2) is 7.62. The van der Waals surface area contributed by atoms with Crippen LogP contribution in [-0.2, 0) is 0 Å². The molecule has 0 atom stereocenters. The molecule has 0 aromatic carbocycles. The Hall–Kier alpha value is 0.620. The van der Waals surface area contributed by atoms with E-state index in [9.17, 15) is 0 Å². The quantitative estimate of drug-likeness (QED) is 0.355. The fourth-order valence-electron chi connectivity index (χ4n) is 0.290. The molecule has 0 amide bonds. The van der Waals surface area contributed by atoms with E-state index in [0.29, 0.717) is 0 Å². The van der Waals surface area contributed by atoms with Gasteiger partial charge in [-0.25, -0.2) is 0 Å². The van der Waals surface area contributed by atoms with Crippen molar-refractivity contribution in [3.63, 3.8) is 0 Å². The minimum absolute atomic E-state index is 0.191. The highest BCUT2D eigenvalue weighted by Gasteiger charge is 1.85. The van der Waals surface area contributed by atoms with Gasteiger partial charge < -0.3 is 9.66 Å². The molecule has 50 valence electrons. The van der Waals surface area contributed by atoms with Crippen LogP contribution in [0.4, 0.5) is 0 Å². The minimum Gasteiger partial charge on any atom is -0.386 e. The van der Waals surface area contributed by atoms with Gasteiger partial charge in [-0.15, -0.1) is 11.8 Å². The molecule has 0 aliphatic heterocycles. The summed E-state index contributed by atoms with van der Waals surface area (Å²) in [4.78, 5) is 0. The van der Waals surface area contributed by atoms with Crippen LogP contribution in [-0.4, -0.2) is 27.1 Å². The zero-order valence-corrected chi connectivity index (χ0v) is 6.17. The highest BCUT2D eigenvalue weighted by atomic mass is 32.2. The average molecular weight is 154 g/mol. The van der Waals surface area contributed by atoms with Gasteiger partial charge >= 0.3 is 0 Å². The predicted molar refractivity (Wildman–Crippen MR) is 39.2 cm³/mol. The Morgan fingerprint density at radius 2 is 2.00 bits per heavy atom. The van der Waals surface area contributed by atoms with Gasteiger partial charge in [0.2, 0.25) is 0 Å². The van der Waals surface area contributed by atoms with Crippen molar-refractivity contribution in [1.29, 1.82) is 0 Å². The van der Waals surface area contributed by atoms with E-state index in [4.69, 9.17) is 9.66 Å². The lowest BCUT2D eigenvalue weighted by Crippen LogP contribution is -1.83. The summed E-state index contributed by atoms with van der Waals surface area (Å²) in [6.07, 6.45) is 0.965. The van der Waals surface area contributed by atoms with E-state index in [1.54, 1.807) is 0 Å². The minimum atomic E-state index is 0.191. The smallest absolute Gasteiger partial charge is 0.0885 e. The van der Waals surface area contributed by atoms with Crippen LogP contribution in [0.5, 0.6) is 0 Å². The van der Waals surface area contributed by atoms with Gasteiger partial charge in [0, 0.05) is 5.75 Å². The molecule has 0 radical (unpaired) electrons. The third-order valence-corrected chi connectivity index (χ3v) is 1.85. The molecule has 0 saturated carbocycles. The zero-order valence-electron chi connectivity index (χ0n) is 4.54. The Morgan fingerprint density at radius 1 is 1.25 bits per heavy atom. The van der Waals surface area contributed by atoms with Crippen LogP contribution in [0.1, 0.15) is 6.42 Å². The van der Waals surface area contributed by atoms with Gasteiger partial charge in [-0.3, -0.25) is 0 Å². The molecule has 0 saturated heterocycles. The van der Waals surface area contributed by atoms with Crippen molar-refractivity contribution in [2.75, 3.05) is 17.4 Å². The van der Waals surface area contributed by atoms with Crippen molar-refractivity contribution in [2.24, 2.45) is 0 Å². The monoisotopic (exact) mass is 154 g/mol. The maximum atomic E-state index is 8.26. The molecular formula is C4H10O2S2. The molecule has 0 aliphatic rings. The lowest BCUT2D eigenvalue weighted by molar-refractivity contribution is 0.375. The van der Waals surface area contributed by atoms with Crippen molar-refractivity contribution in [3.8, 4) is 0 Å². The number of rotatable bonds is 5. The SMILES string of the molecule is OCSCCCSO. The second-order valence-electron chi connectivity index (χ2n) is 1.22. The summed E-state index contributed by atoms with van der Waals surface area (Å²) in [5.74, 6) is 1.90. The van der Waals surface area contributed by atoms with E-state index < -0.39 is 0 Å². The molecule has 0 fully saturated rings. The molecule has 0 rings (SSSR count). The number of thioether (sulfide) groups is 1. The van der Waals surface area contributed by atoms with Gasteiger partial charge in [-0.1, -0.05) is 0 Å². The highest BCUT2D eigenvalue weighted by Crippen LogP contribution is 2.02. The van der Waals surface area contributed by atoms with Crippen LogP contribution in [0, 0.1) is 0 Å². The molecule has 0 aromatic heterocycles. The van der Waals surface area contributed by atoms with E-state index in [-0.39, 0.29) is 5.94 Å². The first-order chi connectivity index (χ1) is 3.91. The first-order valence-corrected chi connectivity index (χ1v) is 4.46. The summed E-state index contributed by atoms with van der Waals surface area (Å²) < 4.78 is 8.21. The van der Waals surface area contributed by atoms with Gasteiger partial charge in [0.25, 0.3) is 0 Å². The number of aliphatic hydroxyl groups is 1. The molecule has 0 spiro atoms. The fourth-order valence-corrected chi connectivity index (χ4v) is 1.22. The normalized spacial score (nSPS) is 9.75. The maximum Gasteiger partial charge on any atom is 0.0885 e. The lowest BCUT2D eigenvalue weighted by atomic mass is 10.6. The largest absolute Gasteiger partial charge is 0.386 e. The summed E-state index contributed by atoms with van der Waals surface area (Å²) in [6, 6.07) is 0. The van der Waals surface area contributed by atoms with E-state index in [1.165, 1.54) is 11.8 Å². The van der Waals surface area contributed by atoms with Crippen molar-refractivity contribution in [2.45, 2.75) is 6.42 Å². The number of hydrogen-bond donors (Lipinski definition) is 2. The average Bonchev–Trinajstić information content (AvgIpc) is 1.81. The van der Waals surface area contributed by atoms with E-state index in [0.717, 1.165) is 30.0 Å². The van der Waals surface area contributed by atoms with Crippen LogP contribution in [0.15, 0.2) is 0 Å². The molecule has 0 bridgehead atoms. The fraction of sp³-hybridized carbons (Fsp3) is 1.00. The number of hydrogen-bond acceptors (Lipinski definition) is 4. The molecule has 8 heavy (non-hydrogen) atoms. The van der Waals surface area contributed by atoms with Gasteiger partial charge in [0.1, 0.15) is 0 Å². The molecule has 0 heterocycles. The summed E-state index contributed by atoms with van der Waals surface area (Å²) >= 11 is 2.34. The second-order valence-corrected chi connectivity index (χ2v) is 2.97. The topological polar surface area (TPSA) is 40.5 Å². The molecule has 4 heteroatoms.